The van der Waals surface area contributed by atoms with E-state index in [1.807, 2.05) is 0 Å². The van der Waals surface area contributed by atoms with Gasteiger partial charge in [-0.3, -0.25) is 4.79 Å². The lowest BCUT2D eigenvalue weighted by atomic mass is 9.87. The summed E-state index contributed by atoms with van der Waals surface area (Å²) in [5.74, 6) is 10.3. The molecule has 0 radical (unpaired) electrons. The Labute approximate surface area is 182 Å². The second-order valence-corrected chi connectivity index (χ2v) is 14.4. The third-order valence-electron chi connectivity index (χ3n) is 4.30. The molecule has 0 bridgehead atoms. The predicted octanol–water partition coefficient (Wildman–Crippen LogP) is 5.35. The molecule has 7 heteroatoms. The number of thioether (sulfide) groups is 5. The number of rotatable bonds is 6. The van der Waals surface area contributed by atoms with Gasteiger partial charge >= 0.3 is 0 Å². The minimum absolute atomic E-state index is 0.0240. The topological polar surface area (TPSA) is 43.1 Å². The quantitative estimate of drug-likeness (QED) is 0.582. The number of primary amides is 1. The molecule has 2 N–H and O–H groups in total. The largest absolute Gasteiger partial charge is 0.369 e. The summed E-state index contributed by atoms with van der Waals surface area (Å²) in [7, 11) is 0. The molecule has 1 aliphatic heterocycles. The number of carbonyl (C=O) groups is 1. The molecule has 1 aliphatic rings. The maximum absolute atomic E-state index is 11.8. The van der Waals surface area contributed by atoms with E-state index in [9.17, 15) is 4.79 Å². The number of hydrogen-bond acceptors (Lipinski definition) is 6. The van der Waals surface area contributed by atoms with Crippen molar-refractivity contribution < 1.29 is 4.79 Å². The molecule has 1 unspecified atom stereocenters. The first-order valence-corrected chi connectivity index (χ1v) is 15.1. The Kier molecular flexibility index (Phi) is 13.8. The molecule has 26 heavy (non-hydrogen) atoms. The summed E-state index contributed by atoms with van der Waals surface area (Å²) in [5.41, 5.74) is 5.66. The van der Waals surface area contributed by atoms with Crippen LogP contribution in [0.3, 0.4) is 0 Å². The Morgan fingerprint density at radius 3 is 1.96 bits per heavy atom. The van der Waals surface area contributed by atoms with Crippen molar-refractivity contribution in [2.75, 3.05) is 46.0 Å². The normalized spacial score (nSPS) is 21.3. The van der Waals surface area contributed by atoms with Crippen LogP contribution < -0.4 is 5.73 Å². The van der Waals surface area contributed by atoms with Crippen LogP contribution in [0.25, 0.3) is 0 Å². The van der Waals surface area contributed by atoms with Crippen molar-refractivity contribution in [1.29, 1.82) is 0 Å². The number of amides is 1. The van der Waals surface area contributed by atoms with Gasteiger partial charge in [-0.2, -0.15) is 58.8 Å². The van der Waals surface area contributed by atoms with Gasteiger partial charge in [0.25, 0.3) is 0 Å². The monoisotopic (exact) mass is 455 g/mol. The van der Waals surface area contributed by atoms with E-state index in [4.69, 9.17) is 5.73 Å². The van der Waals surface area contributed by atoms with Crippen LogP contribution in [-0.2, 0) is 4.79 Å². The molecule has 154 valence electrons. The van der Waals surface area contributed by atoms with E-state index >= 15 is 0 Å². The Morgan fingerprint density at radius 2 is 1.50 bits per heavy atom. The van der Waals surface area contributed by atoms with E-state index in [1.165, 1.54) is 52.4 Å². The van der Waals surface area contributed by atoms with Gasteiger partial charge in [-0.1, -0.05) is 27.7 Å². The summed E-state index contributed by atoms with van der Waals surface area (Å²) >= 11 is 10.5. The van der Waals surface area contributed by atoms with Gasteiger partial charge in [-0.05, 0) is 30.3 Å². The van der Waals surface area contributed by atoms with Gasteiger partial charge in [-0.25, -0.2) is 0 Å². The first-order chi connectivity index (χ1) is 12.3. The third-order valence-corrected chi connectivity index (χ3v) is 11.1. The van der Waals surface area contributed by atoms with E-state index < -0.39 is 0 Å². The van der Waals surface area contributed by atoms with Crippen molar-refractivity contribution in [1.82, 2.24) is 0 Å². The van der Waals surface area contributed by atoms with Crippen LogP contribution in [0.5, 0.6) is 0 Å². The van der Waals surface area contributed by atoms with E-state index in [2.05, 4.69) is 86.5 Å². The van der Waals surface area contributed by atoms with Gasteiger partial charge in [0.1, 0.15) is 0 Å². The Bertz CT molecular complexity index is 378. The number of carbonyl (C=O) groups excluding carboxylic acids is 1. The van der Waals surface area contributed by atoms with Crippen LogP contribution in [0, 0.1) is 11.8 Å². The Morgan fingerprint density at radius 1 is 1.00 bits per heavy atom. The molecule has 0 aromatic heterocycles. The molecule has 0 aromatic carbocycles. The van der Waals surface area contributed by atoms with Crippen LogP contribution in [0.1, 0.15) is 40.5 Å². The van der Waals surface area contributed by atoms with E-state index in [0.717, 1.165) is 6.42 Å². The summed E-state index contributed by atoms with van der Waals surface area (Å²) in [6.45, 7) is 8.81. The van der Waals surface area contributed by atoms with Crippen LogP contribution in [0.2, 0.25) is 0 Å². The standard InChI is InChI=1S/C19H37NOS5/c1-15(2)17(18(20)21)12-19(3,4)26-16-13-24-10-8-22-6-5-7-23-9-11-25-14-16/h15-17H,5-14H2,1-4H3,(H2,20,21). The molecule has 2 nitrogen and oxygen atoms in total. The lowest BCUT2D eigenvalue weighted by Crippen LogP contribution is -2.34. The molecule has 0 aliphatic carbocycles. The molecule has 0 spiro atoms. The van der Waals surface area contributed by atoms with Crippen molar-refractivity contribution in [3.05, 3.63) is 0 Å². The second-order valence-electron chi connectivity index (χ2n) is 7.68. The van der Waals surface area contributed by atoms with Gasteiger partial charge in [0.05, 0.1) is 0 Å². The lowest BCUT2D eigenvalue weighted by Gasteiger charge is -2.33. The highest BCUT2D eigenvalue weighted by Crippen LogP contribution is 2.38. The molecule has 1 rings (SSSR count). The average Bonchev–Trinajstić information content (AvgIpc) is 2.55. The fourth-order valence-corrected chi connectivity index (χ4v) is 9.66. The number of nitrogens with two attached hydrogens (primary N) is 1. The Balaban J connectivity index is 2.57. The summed E-state index contributed by atoms with van der Waals surface area (Å²) in [6, 6.07) is 0. The van der Waals surface area contributed by atoms with E-state index in [1.54, 1.807) is 0 Å². The molecule has 0 aromatic rings. The molecular formula is C19H37NOS5. The van der Waals surface area contributed by atoms with Gasteiger partial charge in [-0.15, -0.1) is 0 Å². The lowest BCUT2D eigenvalue weighted by molar-refractivity contribution is -0.123. The summed E-state index contributed by atoms with van der Waals surface area (Å²) in [6.07, 6.45) is 2.23. The molecule has 1 saturated heterocycles. The highest BCUT2D eigenvalue weighted by Gasteiger charge is 2.31. The highest BCUT2D eigenvalue weighted by atomic mass is 32.2. The fraction of sp³-hybridized carbons (Fsp3) is 0.947. The second kappa shape index (κ2) is 14.2. The Hall–Kier alpha value is 1.22. The predicted molar refractivity (Wildman–Crippen MR) is 132 cm³/mol. The number of hydrogen-bond donors (Lipinski definition) is 1. The minimum Gasteiger partial charge on any atom is -0.369 e. The van der Waals surface area contributed by atoms with Crippen molar-refractivity contribution in [3.8, 4) is 0 Å². The zero-order valence-electron chi connectivity index (χ0n) is 16.8. The van der Waals surface area contributed by atoms with Crippen molar-refractivity contribution in [2.24, 2.45) is 17.6 Å². The molecular weight excluding hydrogens is 419 g/mol. The summed E-state index contributed by atoms with van der Waals surface area (Å²) in [4.78, 5) is 11.8. The molecule has 1 amide bonds. The van der Waals surface area contributed by atoms with Crippen molar-refractivity contribution in [2.45, 2.75) is 50.5 Å². The van der Waals surface area contributed by atoms with E-state index in [0.29, 0.717) is 11.2 Å². The first kappa shape index (κ1) is 25.3. The van der Waals surface area contributed by atoms with Crippen molar-refractivity contribution in [3.63, 3.8) is 0 Å². The maximum Gasteiger partial charge on any atom is 0.220 e. The molecule has 1 heterocycles. The third kappa shape index (κ3) is 11.9. The smallest absolute Gasteiger partial charge is 0.220 e. The van der Waals surface area contributed by atoms with Gasteiger partial charge in [0.15, 0.2) is 0 Å². The average molecular weight is 456 g/mol. The van der Waals surface area contributed by atoms with Gasteiger partial charge < -0.3 is 5.73 Å². The summed E-state index contributed by atoms with van der Waals surface area (Å²) < 4.78 is 0.0880. The summed E-state index contributed by atoms with van der Waals surface area (Å²) in [5, 5.41) is 0.652. The zero-order chi connectivity index (χ0) is 19.4. The molecule has 1 atom stereocenters. The van der Waals surface area contributed by atoms with Crippen LogP contribution >= 0.6 is 58.8 Å². The van der Waals surface area contributed by atoms with Crippen LogP contribution in [0.15, 0.2) is 0 Å². The minimum atomic E-state index is -0.141. The van der Waals surface area contributed by atoms with Crippen LogP contribution in [-0.4, -0.2) is 61.9 Å². The van der Waals surface area contributed by atoms with Gasteiger partial charge in [0, 0.05) is 50.4 Å². The van der Waals surface area contributed by atoms with Crippen LogP contribution in [0.4, 0.5) is 0 Å². The molecule has 1 fully saturated rings. The van der Waals surface area contributed by atoms with Gasteiger partial charge in [0.2, 0.25) is 5.91 Å². The van der Waals surface area contributed by atoms with Crippen molar-refractivity contribution >= 4 is 64.7 Å². The zero-order valence-corrected chi connectivity index (χ0v) is 20.9. The SMILES string of the molecule is CC(C)C(CC(C)(C)SC1CSCCSCCCSCCSC1)C(N)=O. The maximum atomic E-state index is 11.8. The highest BCUT2D eigenvalue weighted by molar-refractivity contribution is 8.07. The fourth-order valence-electron chi connectivity index (χ4n) is 2.94. The van der Waals surface area contributed by atoms with E-state index in [-0.39, 0.29) is 16.6 Å². The first-order valence-electron chi connectivity index (χ1n) is 9.60. The molecule has 0 saturated carbocycles.